The highest BCUT2D eigenvalue weighted by Gasteiger charge is 2.23. The number of aryl methyl sites for hydroxylation is 1. The Balaban J connectivity index is 1.51. The molecule has 1 N–H and O–H groups in total. The highest BCUT2D eigenvalue weighted by atomic mass is 32.1. The molecular weight excluding hydrogens is 446 g/mol. The van der Waals surface area contributed by atoms with Crippen molar-refractivity contribution in [1.82, 2.24) is 19.8 Å². The monoisotopic (exact) mass is 465 g/mol. The van der Waals surface area contributed by atoms with Gasteiger partial charge in [0.1, 0.15) is 5.01 Å². The smallest absolute Gasteiger partial charge is 0.270 e. The molecule has 168 valence electrons. The Kier molecular flexibility index (Phi) is 5.44. The first-order chi connectivity index (χ1) is 16.0. The van der Waals surface area contributed by atoms with Crippen molar-refractivity contribution < 1.29 is 14.5 Å². The Morgan fingerprint density at radius 1 is 1.18 bits per heavy atom. The molecule has 0 radical (unpaired) electrons. The second-order valence-electron chi connectivity index (χ2n) is 7.41. The summed E-state index contributed by atoms with van der Waals surface area (Å²) in [6.07, 6.45) is 0. The van der Waals surface area contributed by atoms with Crippen molar-refractivity contribution in [3.63, 3.8) is 0 Å². The molecule has 0 unspecified atom stereocenters. The number of benzene rings is 2. The number of morpholine rings is 1. The van der Waals surface area contributed by atoms with Crippen LogP contribution in [0, 0.1) is 17.0 Å². The summed E-state index contributed by atoms with van der Waals surface area (Å²) >= 11 is 1.36. The van der Waals surface area contributed by atoms with Crippen LogP contribution in [0.4, 0.5) is 17.1 Å². The van der Waals surface area contributed by atoms with E-state index in [1.165, 1.54) is 23.5 Å². The molecule has 0 spiro atoms. The first-order valence-corrected chi connectivity index (χ1v) is 11.0. The molecule has 33 heavy (non-hydrogen) atoms. The van der Waals surface area contributed by atoms with E-state index in [4.69, 9.17) is 4.74 Å². The van der Waals surface area contributed by atoms with Crippen LogP contribution in [0.2, 0.25) is 0 Å². The van der Waals surface area contributed by atoms with Gasteiger partial charge in [-0.05, 0) is 25.1 Å². The van der Waals surface area contributed by atoms with Gasteiger partial charge in [-0.25, -0.2) is 0 Å². The van der Waals surface area contributed by atoms with Gasteiger partial charge in [0, 0.05) is 30.8 Å². The van der Waals surface area contributed by atoms with Gasteiger partial charge >= 0.3 is 0 Å². The zero-order valence-electron chi connectivity index (χ0n) is 17.6. The molecule has 0 atom stereocenters. The van der Waals surface area contributed by atoms with Crippen LogP contribution < -0.4 is 10.2 Å². The van der Waals surface area contributed by atoms with Crippen molar-refractivity contribution in [1.29, 1.82) is 0 Å². The third-order valence-corrected chi connectivity index (χ3v) is 6.27. The van der Waals surface area contributed by atoms with Crippen LogP contribution >= 0.6 is 11.3 Å². The lowest BCUT2D eigenvalue weighted by atomic mass is 10.1. The topological polar surface area (TPSA) is 128 Å². The first kappa shape index (κ1) is 21.0. The summed E-state index contributed by atoms with van der Waals surface area (Å²) in [5.74, 6) is 0.229. The molecule has 0 bridgehead atoms. The standard InChI is InChI=1S/C21H19N7O4S/c1-13-23-24-21-27(13)25-20(33-21)15-4-2-3-5-17(15)22-19(29)16-12-14(28(30)31)6-7-18(16)26-8-10-32-11-9-26/h2-7,12H,8-11H2,1H3,(H,22,29). The Morgan fingerprint density at radius 2 is 1.97 bits per heavy atom. The number of carbonyl (C=O) groups is 1. The SMILES string of the molecule is Cc1nnc2sc(-c3ccccc3NC(=O)c3cc([N+](=O)[O-])ccc3N3CCOCC3)nn12. The van der Waals surface area contributed by atoms with Crippen LogP contribution in [-0.4, -0.2) is 56.9 Å². The summed E-state index contributed by atoms with van der Waals surface area (Å²) in [5.41, 5.74) is 1.99. The van der Waals surface area contributed by atoms with Gasteiger partial charge in [-0.1, -0.05) is 23.5 Å². The Morgan fingerprint density at radius 3 is 2.73 bits per heavy atom. The number of fused-ring (bicyclic) bond motifs is 1. The van der Waals surface area contributed by atoms with Crippen molar-refractivity contribution in [3.05, 3.63) is 64.0 Å². The molecule has 12 heteroatoms. The summed E-state index contributed by atoms with van der Waals surface area (Å²) in [7, 11) is 0. The molecule has 0 saturated carbocycles. The zero-order chi connectivity index (χ0) is 22.9. The Hall–Kier alpha value is -3.90. The third kappa shape index (κ3) is 4.01. The van der Waals surface area contributed by atoms with E-state index in [1.54, 1.807) is 22.7 Å². The van der Waals surface area contributed by atoms with E-state index >= 15 is 0 Å². The normalized spacial score (nSPS) is 13.9. The molecule has 1 amide bonds. The Labute approximate surface area is 191 Å². The van der Waals surface area contributed by atoms with Crippen LogP contribution in [0.3, 0.4) is 0 Å². The number of hydrogen-bond acceptors (Lipinski definition) is 9. The van der Waals surface area contributed by atoms with Gasteiger partial charge in [0.05, 0.1) is 35.1 Å². The maximum atomic E-state index is 13.4. The minimum absolute atomic E-state index is 0.144. The molecule has 2 aromatic carbocycles. The number of para-hydroxylation sites is 1. The molecule has 0 aliphatic carbocycles. The van der Waals surface area contributed by atoms with Gasteiger partial charge in [0.25, 0.3) is 11.6 Å². The second kappa shape index (κ2) is 8.56. The van der Waals surface area contributed by atoms with E-state index in [0.29, 0.717) is 53.5 Å². The minimum Gasteiger partial charge on any atom is -0.378 e. The van der Waals surface area contributed by atoms with Crippen LogP contribution in [0.1, 0.15) is 16.2 Å². The van der Waals surface area contributed by atoms with E-state index in [-0.39, 0.29) is 11.3 Å². The lowest BCUT2D eigenvalue weighted by molar-refractivity contribution is -0.384. The number of rotatable bonds is 5. The summed E-state index contributed by atoms with van der Waals surface area (Å²) in [4.78, 5) is 26.9. The highest BCUT2D eigenvalue weighted by molar-refractivity contribution is 7.19. The summed E-state index contributed by atoms with van der Waals surface area (Å²) in [5, 5.41) is 27.6. The average molecular weight is 465 g/mol. The predicted octanol–water partition coefficient (Wildman–Crippen LogP) is 3.16. The van der Waals surface area contributed by atoms with Crippen LogP contribution in [-0.2, 0) is 4.74 Å². The summed E-state index contributed by atoms with van der Waals surface area (Å²) in [6, 6.07) is 11.6. The van der Waals surface area contributed by atoms with E-state index in [0.717, 1.165) is 5.56 Å². The van der Waals surface area contributed by atoms with Crippen LogP contribution in [0.15, 0.2) is 42.5 Å². The number of nitro groups is 1. The van der Waals surface area contributed by atoms with Gasteiger partial charge in [0.15, 0.2) is 5.82 Å². The fourth-order valence-corrected chi connectivity index (χ4v) is 4.62. The van der Waals surface area contributed by atoms with Crippen LogP contribution in [0.5, 0.6) is 0 Å². The van der Waals surface area contributed by atoms with Crippen molar-refractivity contribution in [2.45, 2.75) is 6.92 Å². The van der Waals surface area contributed by atoms with Gasteiger partial charge < -0.3 is 15.0 Å². The molecule has 4 aromatic rings. The van der Waals surface area contributed by atoms with Crippen molar-refractivity contribution in [2.75, 3.05) is 36.5 Å². The number of hydrogen-bond donors (Lipinski definition) is 1. The molecule has 11 nitrogen and oxygen atoms in total. The van der Waals surface area contributed by atoms with Gasteiger partial charge in [-0.15, -0.1) is 10.2 Å². The highest BCUT2D eigenvalue weighted by Crippen LogP contribution is 2.33. The molecule has 1 aliphatic rings. The maximum Gasteiger partial charge on any atom is 0.270 e. The lowest BCUT2D eigenvalue weighted by Gasteiger charge is -2.30. The molecule has 1 saturated heterocycles. The third-order valence-electron chi connectivity index (χ3n) is 5.34. The number of amides is 1. The number of nitro benzene ring substituents is 1. The predicted molar refractivity (Wildman–Crippen MR) is 123 cm³/mol. The number of non-ortho nitro benzene ring substituents is 1. The number of anilines is 2. The zero-order valence-corrected chi connectivity index (χ0v) is 18.4. The Bertz CT molecular complexity index is 1360. The summed E-state index contributed by atoms with van der Waals surface area (Å²) in [6.45, 7) is 4.07. The van der Waals surface area contributed by atoms with E-state index < -0.39 is 10.8 Å². The van der Waals surface area contributed by atoms with Gasteiger partial charge in [-0.2, -0.15) is 9.61 Å². The van der Waals surface area contributed by atoms with E-state index in [1.807, 2.05) is 24.0 Å². The number of carbonyl (C=O) groups excluding carboxylic acids is 1. The molecule has 1 aliphatic heterocycles. The average Bonchev–Trinajstić information content (AvgIpc) is 3.41. The first-order valence-electron chi connectivity index (χ1n) is 10.2. The maximum absolute atomic E-state index is 13.4. The fourth-order valence-electron chi connectivity index (χ4n) is 3.69. The number of nitrogens with zero attached hydrogens (tertiary/aromatic N) is 6. The number of ether oxygens (including phenoxy) is 1. The van der Waals surface area contributed by atoms with Crippen molar-refractivity contribution in [2.24, 2.45) is 0 Å². The number of nitrogens with one attached hydrogen (secondary N) is 1. The fraction of sp³-hybridized carbons (Fsp3) is 0.238. The molecule has 2 aromatic heterocycles. The molecular formula is C21H19N7O4S. The minimum atomic E-state index is -0.504. The van der Waals surface area contributed by atoms with Gasteiger partial charge in [-0.3, -0.25) is 14.9 Å². The largest absolute Gasteiger partial charge is 0.378 e. The number of aromatic nitrogens is 4. The lowest BCUT2D eigenvalue weighted by Crippen LogP contribution is -2.37. The quantitative estimate of drug-likeness (QED) is 0.352. The second-order valence-corrected chi connectivity index (χ2v) is 8.36. The molecule has 1 fully saturated rings. The summed E-state index contributed by atoms with van der Waals surface area (Å²) < 4.78 is 7.05. The van der Waals surface area contributed by atoms with Crippen molar-refractivity contribution >= 4 is 39.3 Å². The van der Waals surface area contributed by atoms with Crippen LogP contribution in [0.25, 0.3) is 15.5 Å². The molecule has 3 heterocycles. The van der Waals surface area contributed by atoms with Gasteiger partial charge in [0.2, 0.25) is 4.96 Å². The van der Waals surface area contributed by atoms with E-state index in [9.17, 15) is 14.9 Å². The molecule has 5 rings (SSSR count). The van der Waals surface area contributed by atoms with Crippen molar-refractivity contribution in [3.8, 4) is 10.6 Å². The van der Waals surface area contributed by atoms with E-state index in [2.05, 4.69) is 20.6 Å².